The number of rotatable bonds is 2. The summed E-state index contributed by atoms with van der Waals surface area (Å²) >= 11 is 0. The highest BCUT2D eigenvalue weighted by atomic mass is 19.1. The molecule has 0 fully saturated rings. The van der Waals surface area contributed by atoms with Gasteiger partial charge in [0.25, 0.3) is 0 Å². The lowest BCUT2D eigenvalue weighted by Crippen LogP contribution is -2.01. The summed E-state index contributed by atoms with van der Waals surface area (Å²) in [7, 11) is 0. The molecule has 0 saturated carbocycles. The smallest absolute Gasteiger partial charge is 0.187 e. The summed E-state index contributed by atoms with van der Waals surface area (Å²) in [5.74, 6) is 0.115. The number of aromatic nitrogens is 4. The SMILES string of the molecule is Nc1cc(-n2nnnc2-c2ccccc2)ccc1F. The monoisotopic (exact) mass is 255 g/mol. The number of hydrogen-bond donors (Lipinski definition) is 1. The molecule has 19 heavy (non-hydrogen) atoms. The highest BCUT2D eigenvalue weighted by molar-refractivity contribution is 5.58. The summed E-state index contributed by atoms with van der Waals surface area (Å²) in [6.45, 7) is 0. The van der Waals surface area contributed by atoms with Crippen molar-refractivity contribution in [3.63, 3.8) is 0 Å². The minimum Gasteiger partial charge on any atom is -0.396 e. The van der Waals surface area contributed by atoms with Crippen LogP contribution in [0.4, 0.5) is 10.1 Å². The van der Waals surface area contributed by atoms with Crippen molar-refractivity contribution in [1.82, 2.24) is 20.2 Å². The van der Waals surface area contributed by atoms with Gasteiger partial charge in [-0.15, -0.1) is 5.10 Å². The van der Waals surface area contributed by atoms with E-state index in [1.807, 2.05) is 30.3 Å². The quantitative estimate of drug-likeness (QED) is 0.711. The standard InChI is InChI=1S/C13H10FN5/c14-11-7-6-10(8-12(11)15)19-13(16-17-18-19)9-4-2-1-3-5-9/h1-8H,15H2. The summed E-state index contributed by atoms with van der Waals surface area (Å²) in [5, 5.41) is 11.5. The van der Waals surface area contributed by atoms with E-state index in [0.717, 1.165) is 5.56 Å². The first-order valence-corrected chi connectivity index (χ1v) is 5.65. The molecule has 0 atom stereocenters. The zero-order valence-corrected chi connectivity index (χ0v) is 9.86. The molecule has 0 aliphatic carbocycles. The number of nitrogens with zero attached hydrogens (tertiary/aromatic N) is 4. The maximum atomic E-state index is 13.2. The van der Waals surface area contributed by atoms with Crippen molar-refractivity contribution in [2.24, 2.45) is 0 Å². The van der Waals surface area contributed by atoms with E-state index in [1.165, 1.54) is 16.8 Å². The molecule has 2 N–H and O–H groups in total. The van der Waals surface area contributed by atoms with Crippen molar-refractivity contribution < 1.29 is 4.39 Å². The van der Waals surface area contributed by atoms with E-state index in [1.54, 1.807) is 6.07 Å². The first-order chi connectivity index (χ1) is 9.25. The Morgan fingerprint density at radius 2 is 1.84 bits per heavy atom. The third kappa shape index (κ3) is 2.03. The Hall–Kier alpha value is -2.76. The van der Waals surface area contributed by atoms with Gasteiger partial charge in [-0.05, 0) is 28.6 Å². The van der Waals surface area contributed by atoms with Crippen molar-refractivity contribution in [3.8, 4) is 17.1 Å². The van der Waals surface area contributed by atoms with Crippen LogP contribution in [0.15, 0.2) is 48.5 Å². The molecule has 6 heteroatoms. The van der Waals surface area contributed by atoms with Gasteiger partial charge in [-0.1, -0.05) is 30.3 Å². The lowest BCUT2D eigenvalue weighted by atomic mass is 10.2. The molecule has 0 saturated heterocycles. The van der Waals surface area contributed by atoms with Crippen molar-refractivity contribution >= 4 is 5.69 Å². The van der Waals surface area contributed by atoms with Crippen molar-refractivity contribution in [2.75, 3.05) is 5.73 Å². The molecule has 0 aliphatic heterocycles. The zero-order valence-electron chi connectivity index (χ0n) is 9.86. The van der Waals surface area contributed by atoms with Crippen LogP contribution in [0, 0.1) is 5.82 Å². The van der Waals surface area contributed by atoms with Gasteiger partial charge in [0.15, 0.2) is 5.82 Å². The Morgan fingerprint density at radius 3 is 2.58 bits per heavy atom. The molecular formula is C13H10FN5. The molecule has 3 aromatic rings. The molecule has 0 amide bonds. The number of nitrogens with two attached hydrogens (primary N) is 1. The second-order valence-electron chi connectivity index (χ2n) is 3.99. The van der Waals surface area contributed by atoms with E-state index in [4.69, 9.17) is 5.73 Å². The molecule has 1 aromatic heterocycles. The highest BCUT2D eigenvalue weighted by Gasteiger charge is 2.11. The maximum Gasteiger partial charge on any atom is 0.187 e. The van der Waals surface area contributed by atoms with Crippen LogP contribution in [-0.4, -0.2) is 20.2 Å². The van der Waals surface area contributed by atoms with Crippen molar-refractivity contribution in [1.29, 1.82) is 0 Å². The first kappa shape index (κ1) is 11.3. The minimum absolute atomic E-state index is 0.0620. The minimum atomic E-state index is -0.460. The molecular weight excluding hydrogens is 245 g/mol. The largest absolute Gasteiger partial charge is 0.396 e. The number of hydrogen-bond acceptors (Lipinski definition) is 4. The van der Waals surface area contributed by atoms with Crippen molar-refractivity contribution in [2.45, 2.75) is 0 Å². The fourth-order valence-electron chi connectivity index (χ4n) is 1.79. The number of benzene rings is 2. The van der Waals surface area contributed by atoms with Crippen LogP contribution in [0.2, 0.25) is 0 Å². The molecule has 0 bridgehead atoms. The van der Waals surface area contributed by atoms with Gasteiger partial charge < -0.3 is 5.73 Å². The summed E-state index contributed by atoms with van der Waals surface area (Å²) in [6, 6.07) is 13.9. The van der Waals surface area contributed by atoms with E-state index >= 15 is 0 Å². The molecule has 5 nitrogen and oxygen atoms in total. The van der Waals surface area contributed by atoms with Gasteiger partial charge >= 0.3 is 0 Å². The van der Waals surface area contributed by atoms with Crippen LogP contribution in [0.1, 0.15) is 0 Å². The predicted octanol–water partition coefficient (Wildman–Crippen LogP) is 2.05. The van der Waals surface area contributed by atoms with Gasteiger partial charge in [-0.2, -0.15) is 4.68 Å². The maximum absolute atomic E-state index is 13.2. The van der Waals surface area contributed by atoms with Crippen LogP contribution in [0.5, 0.6) is 0 Å². The van der Waals surface area contributed by atoms with E-state index in [9.17, 15) is 4.39 Å². The number of anilines is 1. The summed E-state index contributed by atoms with van der Waals surface area (Å²) in [6.07, 6.45) is 0. The summed E-state index contributed by atoms with van der Waals surface area (Å²) < 4.78 is 14.7. The lowest BCUT2D eigenvalue weighted by Gasteiger charge is -2.05. The summed E-state index contributed by atoms with van der Waals surface area (Å²) in [4.78, 5) is 0. The fraction of sp³-hybridized carbons (Fsp3) is 0. The Kier molecular flexibility index (Phi) is 2.68. The molecule has 1 heterocycles. The molecule has 0 aliphatic rings. The van der Waals surface area contributed by atoms with Crippen LogP contribution in [-0.2, 0) is 0 Å². The first-order valence-electron chi connectivity index (χ1n) is 5.65. The number of nitrogen functional groups attached to an aromatic ring is 1. The Bertz CT molecular complexity index is 708. The van der Waals surface area contributed by atoms with Gasteiger partial charge in [0.2, 0.25) is 0 Å². The highest BCUT2D eigenvalue weighted by Crippen LogP contribution is 2.21. The average Bonchev–Trinajstić information content (AvgIpc) is 2.92. The van der Waals surface area contributed by atoms with Crippen LogP contribution < -0.4 is 5.73 Å². The lowest BCUT2D eigenvalue weighted by molar-refractivity contribution is 0.631. The van der Waals surface area contributed by atoms with E-state index in [0.29, 0.717) is 11.5 Å². The Labute approximate surface area is 108 Å². The molecule has 0 unspecified atom stereocenters. The summed E-state index contributed by atoms with van der Waals surface area (Å²) in [5.41, 5.74) is 7.11. The van der Waals surface area contributed by atoms with Gasteiger partial charge in [-0.25, -0.2) is 4.39 Å². The second-order valence-corrected chi connectivity index (χ2v) is 3.99. The van der Waals surface area contributed by atoms with E-state index in [-0.39, 0.29) is 5.69 Å². The van der Waals surface area contributed by atoms with Gasteiger partial charge in [0, 0.05) is 5.56 Å². The van der Waals surface area contributed by atoms with Crippen molar-refractivity contribution in [3.05, 3.63) is 54.3 Å². The fourth-order valence-corrected chi connectivity index (χ4v) is 1.79. The van der Waals surface area contributed by atoms with Gasteiger partial charge in [-0.3, -0.25) is 0 Å². The van der Waals surface area contributed by atoms with Gasteiger partial charge in [0.05, 0.1) is 11.4 Å². The van der Waals surface area contributed by atoms with Crippen LogP contribution in [0.3, 0.4) is 0 Å². The van der Waals surface area contributed by atoms with E-state index in [2.05, 4.69) is 15.5 Å². The molecule has 3 rings (SSSR count). The molecule has 0 spiro atoms. The third-order valence-electron chi connectivity index (χ3n) is 2.73. The normalized spacial score (nSPS) is 10.6. The number of tetrazole rings is 1. The van der Waals surface area contributed by atoms with E-state index < -0.39 is 5.82 Å². The average molecular weight is 255 g/mol. The molecule has 2 aromatic carbocycles. The molecule has 94 valence electrons. The second kappa shape index (κ2) is 4.49. The topological polar surface area (TPSA) is 69.6 Å². The predicted molar refractivity (Wildman–Crippen MR) is 69.0 cm³/mol. The van der Waals surface area contributed by atoms with Crippen LogP contribution >= 0.6 is 0 Å². The zero-order chi connectivity index (χ0) is 13.2. The Balaban J connectivity index is 2.12. The third-order valence-corrected chi connectivity index (χ3v) is 2.73. The number of halogens is 1. The van der Waals surface area contributed by atoms with Crippen LogP contribution in [0.25, 0.3) is 17.1 Å². The van der Waals surface area contributed by atoms with Gasteiger partial charge in [0.1, 0.15) is 5.82 Å². The Morgan fingerprint density at radius 1 is 1.05 bits per heavy atom. The molecule has 0 radical (unpaired) electrons.